The van der Waals surface area contributed by atoms with Crippen LogP contribution in [0.1, 0.15) is 12.2 Å². The highest BCUT2D eigenvalue weighted by Gasteiger charge is 2.39. The molecule has 0 unspecified atom stereocenters. The van der Waals surface area contributed by atoms with Crippen molar-refractivity contribution in [2.75, 3.05) is 12.4 Å². The molecule has 0 aliphatic heterocycles. The Labute approximate surface area is 138 Å². The van der Waals surface area contributed by atoms with Crippen molar-refractivity contribution in [2.24, 2.45) is 11.8 Å². The van der Waals surface area contributed by atoms with Crippen molar-refractivity contribution in [1.29, 1.82) is 0 Å². The minimum Gasteiger partial charge on any atom is -0.396 e. The number of hydrogen-bond donors (Lipinski definition) is 1. The third kappa shape index (κ3) is 2.59. The van der Waals surface area contributed by atoms with Crippen molar-refractivity contribution in [3.63, 3.8) is 0 Å². The van der Waals surface area contributed by atoms with Crippen LogP contribution in [0, 0.1) is 11.8 Å². The first-order valence-corrected chi connectivity index (χ1v) is 8.28. The molecule has 0 aromatic carbocycles. The van der Waals surface area contributed by atoms with E-state index in [9.17, 15) is 13.2 Å². The molecule has 0 saturated heterocycles. The molecule has 2 atom stereocenters. The molecule has 0 spiro atoms. The number of halogens is 3. The SMILES string of the molecule is OC[C@@H]1C[C@H]1CSc1nc2cccnc2n2c(C(F)(F)F)nnc12. The van der Waals surface area contributed by atoms with Gasteiger partial charge in [0.15, 0.2) is 11.3 Å². The van der Waals surface area contributed by atoms with Crippen molar-refractivity contribution in [1.82, 2.24) is 24.6 Å². The Balaban J connectivity index is 1.82. The van der Waals surface area contributed by atoms with Gasteiger partial charge < -0.3 is 5.11 Å². The van der Waals surface area contributed by atoms with E-state index < -0.39 is 12.0 Å². The number of alkyl halides is 3. The maximum absolute atomic E-state index is 13.2. The molecular formula is C14H12F3N5OS. The van der Waals surface area contributed by atoms with Crippen LogP contribution in [0.25, 0.3) is 16.8 Å². The number of thioether (sulfide) groups is 1. The van der Waals surface area contributed by atoms with E-state index in [1.165, 1.54) is 18.0 Å². The number of fused-ring (bicyclic) bond motifs is 3. The van der Waals surface area contributed by atoms with Crippen LogP contribution in [-0.2, 0) is 6.18 Å². The fraction of sp³-hybridized carbons (Fsp3) is 0.429. The predicted octanol–water partition coefficient (Wildman–Crippen LogP) is 2.41. The number of aliphatic hydroxyl groups excluding tert-OH is 1. The highest BCUT2D eigenvalue weighted by Crippen LogP contribution is 2.42. The molecule has 1 saturated carbocycles. The van der Waals surface area contributed by atoms with Gasteiger partial charge in [0.2, 0.25) is 5.82 Å². The second kappa shape index (κ2) is 5.55. The zero-order chi connectivity index (χ0) is 16.9. The van der Waals surface area contributed by atoms with E-state index in [-0.39, 0.29) is 23.8 Å². The Bertz CT molecular complexity index is 912. The first-order chi connectivity index (χ1) is 11.5. The van der Waals surface area contributed by atoms with Crippen LogP contribution in [-0.4, -0.2) is 42.0 Å². The van der Waals surface area contributed by atoms with Gasteiger partial charge in [-0.1, -0.05) is 0 Å². The average Bonchev–Trinajstić information content (AvgIpc) is 3.16. The van der Waals surface area contributed by atoms with Gasteiger partial charge in [0.25, 0.3) is 0 Å². The van der Waals surface area contributed by atoms with Crippen LogP contribution in [0.5, 0.6) is 0 Å². The number of nitrogens with zero attached hydrogens (tertiary/aromatic N) is 5. The quantitative estimate of drug-likeness (QED) is 0.725. The van der Waals surface area contributed by atoms with E-state index in [1.807, 2.05) is 0 Å². The Morgan fingerprint density at radius 3 is 2.79 bits per heavy atom. The summed E-state index contributed by atoms with van der Waals surface area (Å²) < 4.78 is 40.6. The van der Waals surface area contributed by atoms with Crippen LogP contribution < -0.4 is 0 Å². The van der Waals surface area contributed by atoms with Crippen molar-refractivity contribution < 1.29 is 18.3 Å². The Kier molecular flexibility index (Phi) is 3.61. The molecule has 3 aromatic heterocycles. The number of rotatable bonds is 4. The zero-order valence-electron chi connectivity index (χ0n) is 12.2. The fourth-order valence-corrected chi connectivity index (χ4v) is 3.84. The number of aromatic nitrogens is 5. The molecule has 0 bridgehead atoms. The lowest BCUT2D eigenvalue weighted by Crippen LogP contribution is -2.12. The smallest absolute Gasteiger partial charge is 0.396 e. The Morgan fingerprint density at radius 1 is 1.25 bits per heavy atom. The fourth-order valence-electron chi connectivity index (χ4n) is 2.64. The van der Waals surface area contributed by atoms with Gasteiger partial charge in [0.1, 0.15) is 10.5 Å². The summed E-state index contributed by atoms with van der Waals surface area (Å²) in [6, 6.07) is 3.23. The van der Waals surface area contributed by atoms with Crippen molar-refractivity contribution in [2.45, 2.75) is 17.6 Å². The first-order valence-electron chi connectivity index (χ1n) is 7.29. The normalized spacial score (nSPS) is 20.8. The summed E-state index contributed by atoms with van der Waals surface area (Å²) >= 11 is 1.34. The highest BCUT2D eigenvalue weighted by atomic mass is 32.2. The number of pyridine rings is 1. The van der Waals surface area contributed by atoms with Crippen molar-refractivity contribution in [3.05, 3.63) is 24.2 Å². The summed E-state index contributed by atoms with van der Waals surface area (Å²) in [4.78, 5) is 8.40. The molecule has 1 fully saturated rings. The molecule has 1 aliphatic carbocycles. The third-order valence-electron chi connectivity index (χ3n) is 4.05. The summed E-state index contributed by atoms with van der Waals surface area (Å²) in [6.07, 6.45) is -2.30. The average molecular weight is 355 g/mol. The van der Waals surface area contributed by atoms with Gasteiger partial charge in [-0.25, -0.2) is 9.97 Å². The van der Waals surface area contributed by atoms with E-state index >= 15 is 0 Å². The number of aliphatic hydroxyl groups is 1. The van der Waals surface area contributed by atoms with Gasteiger partial charge in [-0.05, 0) is 30.4 Å². The van der Waals surface area contributed by atoms with Crippen molar-refractivity contribution >= 4 is 28.6 Å². The van der Waals surface area contributed by atoms with Crippen LogP contribution in [0.15, 0.2) is 23.4 Å². The van der Waals surface area contributed by atoms with Gasteiger partial charge in [-0.3, -0.25) is 4.40 Å². The molecule has 4 rings (SSSR count). The summed E-state index contributed by atoms with van der Waals surface area (Å²) in [7, 11) is 0. The molecule has 24 heavy (non-hydrogen) atoms. The molecule has 3 aromatic rings. The molecule has 10 heteroatoms. The molecule has 6 nitrogen and oxygen atoms in total. The van der Waals surface area contributed by atoms with Crippen LogP contribution >= 0.6 is 11.8 Å². The van der Waals surface area contributed by atoms with E-state index in [0.717, 1.165) is 10.8 Å². The van der Waals surface area contributed by atoms with Gasteiger partial charge in [0, 0.05) is 18.6 Å². The minimum absolute atomic E-state index is 0.0553. The third-order valence-corrected chi connectivity index (χ3v) is 5.19. The predicted molar refractivity (Wildman–Crippen MR) is 80.5 cm³/mol. The molecule has 3 heterocycles. The van der Waals surface area contributed by atoms with Gasteiger partial charge in [-0.2, -0.15) is 13.2 Å². The second-order valence-electron chi connectivity index (χ2n) is 5.69. The van der Waals surface area contributed by atoms with Crippen molar-refractivity contribution in [3.8, 4) is 0 Å². The van der Waals surface area contributed by atoms with E-state index in [2.05, 4.69) is 20.2 Å². The second-order valence-corrected chi connectivity index (χ2v) is 6.70. The van der Waals surface area contributed by atoms with E-state index in [4.69, 9.17) is 5.11 Å². The molecular weight excluding hydrogens is 343 g/mol. The molecule has 1 aliphatic rings. The summed E-state index contributed by atoms with van der Waals surface area (Å²) in [5, 5.41) is 16.5. The van der Waals surface area contributed by atoms with Crippen LogP contribution in [0.2, 0.25) is 0 Å². The zero-order valence-corrected chi connectivity index (χ0v) is 13.0. The van der Waals surface area contributed by atoms with E-state index in [1.54, 1.807) is 12.1 Å². The molecule has 126 valence electrons. The van der Waals surface area contributed by atoms with Crippen LogP contribution in [0.3, 0.4) is 0 Å². The van der Waals surface area contributed by atoms with Crippen LogP contribution in [0.4, 0.5) is 13.2 Å². The topological polar surface area (TPSA) is 76.2 Å². The lowest BCUT2D eigenvalue weighted by Gasteiger charge is -2.08. The van der Waals surface area contributed by atoms with E-state index in [0.29, 0.717) is 22.2 Å². The highest BCUT2D eigenvalue weighted by molar-refractivity contribution is 7.99. The maximum Gasteiger partial charge on any atom is 0.452 e. The Morgan fingerprint density at radius 2 is 2.08 bits per heavy atom. The lowest BCUT2D eigenvalue weighted by atomic mass is 10.4. The first kappa shape index (κ1) is 15.6. The molecule has 0 radical (unpaired) electrons. The standard InChI is InChI=1S/C14H12F3N5OS/c15-14(16,17)13-21-20-11-12(24-6-8-4-7(8)5-23)19-9-2-1-3-18-10(9)22(11)13/h1-3,7-8,23H,4-6H2/t7-,8-/m0/s1. The number of hydrogen-bond acceptors (Lipinski definition) is 6. The largest absolute Gasteiger partial charge is 0.452 e. The minimum atomic E-state index is -4.63. The maximum atomic E-state index is 13.2. The van der Waals surface area contributed by atoms with Gasteiger partial charge in [-0.15, -0.1) is 22.0 Å². The Hall–Kier alpha value is -1.94. The van der Waals surface area contributed by atoms with Gasteiger partial charge in [0.05, 0.1) is 0 Å². The summed E-state index contributed by atoms with van der Waals surface area (Å²) in [5.41, 5.74) is 0.487. The monoisotopic (exact) mass is 355 g/mol. The summed E-state index contributed by atoms with van der Waals surface area (Å²) in [5.74, 6) is 0.203. The molecule has 1 N–H and O–H groups in total. The van der Waals surface area contributed by atoms with Gasteiger partial charge >= 0.3 is 6.18 Å². The lowest BCUT2D eigenvalue weighted by molar-refractivity contribution is -0.145. The molecule has 0 amide bonds. The summed E-state index contributed by atoms with van der Waals surface area (Å²) in [6.45, 7) is 0.138.